The predicted octanol–water partition coefficient (Wildman–Crippen LogP) is 3.87. The van der Waals surface area contributed by atoms with Crippen molar-refractivity contribution in [1.82, 2.24) is 19.5 Å². The van der Waals surface area contributed by atoms with E-state index in [1.54, 1.807) is 20.2 Å². The summed E-state index contributed by atoms with van der Waals surface area (Å²) in [6, 6.07) is 5.99. The highest BCUT2D eigenvalue weighted by atomic mass is 16.3. The van der Waals surface area contributed by atoms with Crippen molar-refractivity contribution in [2.75, 3.05) is 16.4 Å². The minimum Gasteiger partial charge on any atom is -0.398 e. The maximum absolute atomic E-state index is 10.5. The standard InChI is InChI=1S/C22H33N7O/c1-7-17(22(5,6)30)26-21-27-19(18-20(28-21)29(12-25-18)13(2)3)24-11-15-10-14(4)8-9-16(15)23/h8-10,12-13,17,30H,7,11,23H2,1-6H3,(H2,24,26,27,28). The van der Waals surface area contributed by atoms with Crippen molar-refractivity contribution in [2.24, 2.45) is 0 Å². The van der Waals surface area contributed by atoms with Crippen LogP contribution in [0.1, 0.15) is 58.2 Å². The Bertz CT molecular complexity index is 1020. The number of anilines is 3. The SMILES string of the molecule is CCC(Nc1nc(NCc2cc(C)ccc2N)c2ncn(C(C)C)c2n1)C(C)(C)O. The predicted molar refractivity (Wildman–Crippen MR) is 123 cm³/mol. The first-order valence-corrected chi connectivity index (χ1v) is 10.4. The van der Waals surface area contributed by atoms with Gasteiger partial charge in [-0.2, -0.15) is 9.97 Å². The first-order chi connectivity index (χ1) is 14.1. The Balaban J connectivity index is 2.00. The molecule has 3 aromatic rings. The van der Waals surface area contributed by atoms with Gasteiger partial charge in [0.25, 0.3) is 0 Å². The molecule has 0 fully saturated rings. The van der Waals surface area contributed by atoms with Crippen molar-refractivity contribution in [2.45, 2.75) is 72.2 Å². The zero-order chi connectivity index (χ0) is 22.1. The van der Waals surface area contributed by atoms with Crippen molar-refractivity contribution in [3.63, 3.8) is 0 Å². The molecule has 0 amide bonds. The van der Waals surface area contributed by atoms with Crippen LogP contribution in [0, 0.1) is 6.92 Å². The monoisotopic (exact) mass is 411 g/mol. The average Bonchev–Trinajstić information content (AvgIpc) is 3.10. The second kappa shape index (κ2) is 8.47. The van der Waals surface area contributed by atoms with Gasteiger partial charge in [0.15, 0.2) is 17.0 Å². The van der Waals surface area contributed by atoms with Crippen molar-refractivity contribution >= 4 is 28.6 Å². The third-order valence-electron chi connectivity index (χ3n) is 5.29. The number of nitrogens with one attached hydrogen (secondary N) is 2. The molecule has 5 N–H and O–H groups in total. The van der Waals surface area contributed by atoms with Gasteiger partial charge >= 0.3 is 0 Å². The fraction of sp³-hybridized carbons (Fsp3) is 0.500. The molecule has 162 valence electrons. The Morgan fingerprint density at radius 2 is 1.97 bits per heavy atom. The minimum atomic E-state index is -0.908. The van der Waals surface area contributed by atoms with E-state index in [9.17, 15) is 5.11 Å². The molecule has 0 radical (unpaired) electrons. The Morgan fingerprint density at radius 1 is 1.23 bits per heavy atom. The summed E-state index contributed by atoms with van der Waals surface area (Å²) in [6.07, 6.45) is 2.52. The van der Waals surface area contributed by atoms with Crippen LogP contribution in [0.4, 0.5) is 17.5 Å². The summed E-state index contributed by atoms with van der Waals surface area (Å²) < 4.78 is 2.01. The van der Waals surface area contributed by atoms with E-state index in [0.717, 1.165) is 28.9 Å². The van der Waals surface area contributed by atoms with E-state index in [1.165, 1.54) is 0 Å². The van der Waals surface area contributed by atoms with Crippen molar-refractivity contribution in [3.8, 4) is 0 Å². The summed E-state index contributed by atoms with van der Waals surface area (Å²) in [5.74, 6) is 1.09. The highest BCUT2D eigenvalue weighted by Gasteiger charge is 2.26. The lowest BCUT2D eigenvalue weighted by Gasteiger charge is -2.29. The summed E-state index contributed by atoms with van der Waals surface area (Å²) in [4.78, 5) is 13.9. The van der Waals surface area contributed by atoms with Crippen LogP contribution in [0.15, 0.2) is 24.5 Å². The number of hydrogen-bond acceptors (Lipinski definition) is 7. The van der Waals surface area contributed by atoms with E-state index in [2.05, 4.69) is 40.5 Å². The Kier molecular flexibility index (Phi) is 6.17. The molecule has 0 saturated carbocycles. The van der Waals surface area contributed by atoms with Gasteiger partial charge in [0, 0.05) is 18.3 Å². The lowest BCUT2D eigenvalue weighted by molar-refractivity contribution is 0.0577. The molecule has 2 aromatic heterocycles. The molecule has 0 spiro atoms. The van der Waals surface area contributed by atoms with Gasteiger partial charge in [0.1, 0.15) is 0 Å². The number of aromatic nitrogens is 4. The van der Waals surface area contributed by atoms with Crippen molar-refractivity contribution in [1.29, 1.82) is 0 Å². The molecule has 0 aliphatic heterocycles. The largest absolute Gasteiger partial charge is 0.398 e. The molecule has 8 heteroatoms. The van der Waals surface area contributed by atoms with Crippen LogP contribution in [0.25, 0.3) is 11.2 Å². The highest BCUT2D eigenvalue weighted by Crippen LogP contribution is 2.26. The van der Waals surface area contributed by atoms with Crippen LogP contribution in [-0.2, 0) is 6.54 Å². The molecule has 0 aliphatic carbocycles. The molecule has 8 nitrogen and oxygen atoms in total. The number of nitrogens with zero attached hydrogens (tertiary/aromatic N) is 4. The van der Waals surface area contributed by atoms with Gasteiger partial charge in [-0.25, -0.2) is 4.98 Å². The van der Waals surface area contributed by atoms with Crippen LogP contribution in [0.3, 0.4) is 0 Å². The van der Waals surface area contributed by atoms with Gasteiger partial charge < -0.3 is 26.0 Å². The van der Waals surface area contributed by atoms with E-state index in [4.69, 9.17) is 10.7 Å². The molecule has 0 saturated heterocycles. The van der Waals surface area contributed by atoms with Crippen molar-refractivity contribution in [3.05, 3.63) is 35.7 Å². The van der Waals surface area contributed by atoms with Crippen LogP contribution >= 0.6 is 0 Å². The molecular weight excluding hydrogens is 378 g/mol. The molecule has 3 rings (SSSR count). The van der Waals surface area contributed by atoms with Gasteiger partial charge in [-0.3, -0.25) is 0 Å². The van der Waals surface area contributed by atoms with Crippen LogP contribution < -0.4 is 16.4 Å². The number of aryl methyl sites for hydroxylation is 1. The second-order valence-electron chi connectivity index (χ2n) is 8.63. The topological polar surface area (TPSA) is 114 Å². The van der Waals surface area contributed by atoms with E-state index in [1.807, 2.05) is 30.5 Å². The summed E-state index contributed by atoms with van der Waals surface area (Å²) in [6.45, 7) is 12.3. The lowest BCUT2D eigenvalue weighted by Crippen LogP contribution is -2.41. The smallest absolute Gasteiger partial charge is 0.227 e. The fourth-order valence-corrected chi connectivity index (χ4v) is 3.48. The summed E-state index contributed by atoms with van der Waals surface area (Å²) in [7, 11) is 0. The lowest BCUT2D eigenvalue weighted by atomic mass is 9.97. The maximum Gasteiger partial charge on any atom is 0.227 e. The van der Waals surface area contributed by atoms with Gasteiger partial charge in [0.2, 0.25) is 5.95 Å². The minimum absolute atomic E-state index is 0.189. The van der Waals surface area contributed by atoms with E-state index < -0.39 is 5.60 Å². The summed E-state index contributed by atoms with van der Waals surface area (Å²) >= 11 is 0. The van der Waals surface area contributed by atoms with Gasteiger partial charge in [-0.15, -0.1) is 0 Å². The number of nitrogens with two attached hydrogens (primary N) is 1. The highest BCUT2D eigenvalue weighted by molar-refractivity contribution is 5.84. The number of fused-ring (bicyclic) bond motifs is 1. The molecule has 1 aromatic carbocycles. The molecule has 1 unspecified atom stereocenters. The quantitative estimate of drug-likeness (QED) is 0.416. The normalized spacial score (nSPS) is 13.1. The number of imidazole rings is 1. The van der Waals surface area contributed by atoms with Crippen molar-refractivity contribution < 1.29 is 5.11 Å². The van der Waals surface area contributed by atoms with Crippen LogP contribution in [0.2, 0.25) is 0 Å². The second-order valence-corrected chi connectivity index (χ2v) is 8.63. The number of benzene rings is 1. The Hall–Kier alpha value is -2.87. The molecule has 0 bridgehead atoms. The number of nitrogen functional groups attached to an aromatic ring is 1. The Morgan fingerprint density at radius 3 is 2.60 bits per heavy atom. The number of hydrogen-bond donors (Lipinski definition) is 4. The summed E-state index contributed by atoms with van der Waals surface area (Å²) in [5, 5.41) is 17.2. The molecular formula is C22H33N7O. The first kappa shape index (κ1) is 21.8. The van der Waals surface area contributed by atoms with Gasteiger partial charge in [-0.1, -0.05) is 24.6 Å². The van der Waals surface area contributed by atoms with Crippen LogP contribution in [-0.4, -0.2) is 36.3 Å². The van der Waals surface area contributed by atoms with E-state index in [-0.39, 0.29) is 12.1 Å². The third-order valence-corrected chi connectivity index (χ3v) is 5.29. The molecule has 2 heterocycles. The molecule has 30 heavy (non-hydrogen) atoms. The Labute approximate surface area is 177 Å². The number of aliphatic hydroxyl groups is 1. The average molecular weight is 412 g/mol. The van der Waals surface area contributed by atoms with E-state index >= 15 is 0 Å². The van der Waals surface area contributed by atoms with Gasteiger partial charge in [0.05, 0.1) is 18.0 Å². The zero-order valence-electron chi connectivity index (χ0n) is 18.7. The zero-order valence-corrected chi connectivity index (χ0v) is 18.7. The molecule has 0 aliphatic rings. The number of rotatable bonds is 8. The first-order valence-electron chi connectivity index (χ1n) is 10.4. The summed E-state index contributed by atoms with van der Waals surface area (Å²) in [5.41, 5.74) is 9.57. The third kappa shape index (κ3) is 4.64. The van der Waals surface area contributed by atoms with E-state index in [0.29, 0.717) is 23.8 Å². The van der Waals surface area contributed by atoms with Gasteiger partial charge in [-0.05, 0) is 52.7 Å². The molecule has 1 atom stereocenters. The maximum atomic E-state index is 10.5. The van der Waals surface area contributed by atoms with Crippen LogP contribution in [0.5, 0.6) is 0 Å². The fourth-order valence-electron chi connectivity index (χ4n) is 3.48.